The standard InChI is InChI=1S/C24H33N3O3/c1-17(19-12-8-13-20(28)21(19)29)25-23(30)27(16-18-10-6-5-7-11-18)22-24(2,3)14-9-15-26(22)4/h5-8,10-13,17,22,28-29H,9,14-16H2,1-4H3,(H,25,30). The van der Waals surface area contributed by atoms with Crippen molar-refractivity contribution in [3.8, 4) is 11.5 Å². The number of benzene rings is 2. The molecule has 3 rings (SSSR count). The molecule has 0 aromatic heterocycles. The number of carbonyl (C=O) groups excluding carboxylic acids is 1. The van der Waals surface area contributed by atoms with Crippen molar-refractivity contribution in [2.24, 2.45) is 5.41 Å². The van der Waals surface area contributed by atoms with Crippen LogP contribution in [0, 0.1) is 5.41 Å². The van der Waals surface area contributed by atoms with E-state index in [1.807, 2.05) is 42.2 Å². The maximum absolute atomic E-state index is 13.5. The molecule has 1 aliphatic heterocycles. The number of phenols is 2. The number of phenolic OH excluding ortho intramolecular Hbond substituents is 2. The van der Waals surface area contributed by atoms with Crippen molar-refractivity contribution in [3.05, 3.63) is 59.7 Å². The van der Waals surface area contributed by atoms with Crippen molar-refractivity contribution in [2.45, 2.75) is 52.4 Å². The number of nitrogens with one attached hydrogen (secondary N) is 1. The highest BCUT2D eigenvalue weighted by molar-refractivity contribution is 5.75. The first-order valence-corrected chi connectivity index (χ1v) is 10.5. The molecule has 3 N–H and O–H groups in total. The second-order valence-corrected chi connectivity index (χ2v) is 8.95. The van der Waals surface area contributed by atoms with Crippen LogP contribution in [0.3, 0.4) is 0 Å². The third kappa shape index (κ3) is 4.70. The van der Waals surface area contributed by atoms with Crippen LogP contribution in [0.25, 0.3) is 0 Å². The number of amides is 2. The second-order valence-electron chi connectivity index (χ2n) is 8.95. The van der Waals surface area contributed by atoms with Crippen LogP contribution < -0.4 is 5.32 Å². The molecular weight excluding hydrogens is 378 g/mol. The molecule has 30 heavy (non-hydrogen) atoms. The van der Waals surface area contributed by atoms with Gasteiger partial charge in [0.25, 0.3) is 0 Å². The summed E-state index contributed by atoms with van der Waals surface area (Å²) in [6.07, 6.45) is 2.09. The van der Waals surface area contributed by atoms with Crippen LogP contribution in [0.4, 0.5) is 4.79 Å². The van der Waals surface area contributed by atoms with Crippen LogP contribution in [-0.4, -0.2) is 45.8 Å². The number of urea groups is 1. The number of carbonyl (C=O) groups is 1. The number of hydrogen-bond donors (Lipinski definition) is 3. The number of para-hydroxylation sites is 1. The Balaban J connectivity index is 1.89. The molecule has 2 atom stereocenters. The Labute approximate surface area is 179 Å². The lowest BCUT2D eigenvalue weighted by atomic mass is 9.80. The van der Waals surface area contributed by atoms with Crippen LogP contribution in [0.5, 0.6) is 11.5 Å². The molecule has 2 amide bonds. The molecule has 1 saturated heterocycles. The van der Waals surface area contributed by atoms with Gasteiger partial charge in [0.1, 0.15) is 0 Å². The van der Waals surface area contributed by atoms with Gasteiger partial charge in [-0.1, -0.05) is 56.3 Å². The predicted molar refractivity (Wildman–Crippen MR) is 118 cm³/mol. The number of likely N-dealkylation sites (tertiary alicyclic amines) is 1. The first-order chi connectivity index (χ1) is 14.2. The van der Waals surface area contributed by atoms with E-state index in [1.165, 1.54) is 6.07 Å². The zero-order valence-electron chi connectivity index (χ0n) is 18.3. The molecular formula is C24H33N3O3. The minimum atomic E-state index is -0.458. The van der Waals surface area contributed by atoms with Gasteiger partial charge in [0.2, 0.25) is 0 Å². The summed E-state index contributed by atoms with van der Waals surface area (Å²) < 4.78 is 0. The van der Waals surface area contributed by atoms with Gasteiger partial charge < -0.3 is 20.4 Å². The molecule has 0 radical (unpaired) electrons. The van der Waals surface area contributed by atoms with E-state index >= 15 is 0 Å². The Bertz CT molecular complexity index is 869. The molecule has 0 spiro atoms. The van der Waals surface area contributed by atoms with Gasteiger partial charge in [-0.2, -0.15) is 0 Å². The molecule has 0 saturated carbocycles. The lowest BCUT2D eigenvalue weighted by Gasteiger charge is -2.50. The fourth-order valence-corrected chi connectivity index (χ4v) is 4.59. The van der Waals surface area contributed by atoms with Crippen LogP contribution in [-0.2, 0) is 6.54 Å². The fourth-order valence-electron chi connectivity index (χ4n) is 4.59. The molecule has 0 aliphatic carbocycles. The molecule has 6 heteroatoms. The van der Waals surface area contributed by atoms with Crippen molar-refractivity contribution in [2.75, 3.05) is 13.6 Å². The highest BCUT2D eigenvalue weighted by Gasteiger charge is 2.42. The lowest BCUT2D eigenvalue weighted by Crippen LogP contribution is -2.60. The fraction of sp³-hybridized carbons (Fsp3) is 0.458. The van der Waals surface area contributed by atoms with Gasteiger partial charge in [-0.25, -0.2) is 4.79 Å². The summed E-state index contributed by atoms with van der Waals surface area (Å²) in [6.45, 7) is 7.66. The van der Waals surface area contributed by atoms with E-state index in [0.29, 0.717) is 12.1 Å². The third-order valence-electron chi connectivity index (χ3n) is 6.05. The Morgan fingerprint density at radius 1 is 1.20 bits per heavy atom. The van der Waals surface area contributed by atoms with E-state index in [2.05, 4.69) is 31.1 Å². The number of piperidine rings is 1. The lowest BCUT2D eigenvalue weighted by molar-refractivity contribution is -0.0373. The second kappa shape index (κ2) is 8.96. The highest BCUT2D eigenvalue weighted by atomic mass is 16.3. The van der Waals surface area contributed by atoms with Gasteiger partial charge in [-0.05, 0) is 50.4 Å². The van der Waals surface area contributed by atoms with Crippen molar-refractivity contribution in [1.29, 1.82) is 0 Å². The maximum Gasteiger partial charge on any atom is 0.319 e. The monoisotopic (exact) mass is 411 g/mol. The molecule has 0 bridgehead atoms. The largest absolute Gasteiger partial charge is 0.504 e. The van der Waals surface area contributed by atoms with Gasteiger partial charge in [-0.3, -0.25) is 4.90 Å². The van der Waals surface area contributed by atoms with E-state index in [0.717, 1.165) is 24.9 Å². The van der Waals surface area contributed by atoms with E-state index in [-0.39, 0.29) is 29.1 Å². The van der Waals surface area contributed by atoms with E-state index in [9.17, 15) is 15.0 Å². The Hall–Kier alpha value is -2.73. The molecule has 2 aromatic rings. The number of aromatic hydroxyl groups is 2. The minimum Gasteiger partial charge on any atom is -0.504 e. The molecule has 2 aromatic carbocycles. The average molecular weight is 412 g/mol. The minimum absolute atomic E-state index is 0.0589. The van der Waals surface area contributed by atoms with E-state index in [4.69, 9.17) is 0 Å². The average Bonchev–Trinajstić information content (AvgIpc) is 2.69. The Morgan fingerprint density at radius 2 is 1.90 bits per heavy atom. The highest BCUT2D eigenvalue weighted by Crippen LogP contribution is 2.37. The molecule has 1 aliphatic rings. The summed E-state index contributed by atoms with van der Waals surface area (Å²) in [7, 11) is 2.07. The zero-order valence-corrected chi connectivity index (χ0v) is 18.3. The Morgan fingerprint density at radius 3 is 2.57 bits per heavy atom. The van der Waals surface area contributed by atoms with E-state index < -0.39 is 6.04 Å². The van der Waals surface area contributed by atoms with Crippen molar-refractivity contribution < 1.29 is 15.0 Å². The van der Waals surface area contributed by atoms with Crippen molar-refractivity contribution >= 4 is 6.03 Å². The van der Waals surface area contributed by atoms with Crippen LogP contribution in [0.2, 0.25) is 0 Å². The third-order valence-corrected chi connectivity index (χ3v) is 6.05. The smallest absolute Gasteiger partial charge is 0.319 e. The predicted octanol–water partition coefficient (Wildman–Crippen LogP) is 4.45. The first-order valence-electron chi connectivity index (χ1n) is 10.5. The normalized spacial score (nSPS) is 19.8. The summed E-state index contributed by atoms with van der Waals surface area (Å²) in [5.74, 6) is -0.391. The van der Waals surface area contributed by atoms with Crippen LogP contribution in [0.1, 0.15) is 50.8 Å². The quantitative estimate of drug-likeness (QED) is 0.636. The maximum atomic E-state index is 13.5. The number of nitrogens with zero attached hydrogens (tertiary/aromatic N) is 2. The van der Waals surface area contributed by atoms with Crippen molar-refractivity contribution in [3.63, 3.8) is 0 Å². The summed E-state index contributed by atoms with van der Waals surface area (Å²) in [5.41, 5.74) is 1.49. The molecule has 1 fully saturated rings. The molecule has 1 heterocycles. The SMILES string of the molecule is CC(NC(=O)N(Cc1ccccc1)C1N(C)CCCC1(C)C)c1cccc(O)c1O. The summed E-state index contributed by atoms with van der Waals surface area (Å²) in [4.78, 5) is 17.7. The van der Waals surface area contributed by atoms with Crippen LogP contribution >= 0.6 is 0 Å². The summed E-state index contributed by atoms with van der Waals surface area (Å²) in [5, 5.41) is 23.0. The van der Waals surface area contributed by atoms with E-state index in [1.54, 1.807) is 12.1 Å². The Kier molecular flexibility index (Phi) is 6.56. The van der Waals surface area contributed by atoms with Gasteiger partial charge >= 0.3 is 6.03 Å². The molecule has 162 valence electrons. The summed E-state index contributed by atoms with van der Waals surface area (Å²) >= 11 is 0. The van der Waals surface area contributed by atoms with Crippen LogP contribution in [0.15, 0.2) is 48.5 Å². The molecule has 6 nitrogen and oxygen atoms in total. The number of rotatable bonds is 5. The zero-order chi connectivity index (χ0) is 21.9. The molecule has 2 unspecified atom stereocenters. The van der Waals surface area contributed by atoms with Gasteiger partial charge in [0.15, 0.2) is 11.5 Å². The number of hydrogen-bond acceptors (Lipinski definition) is 4. The van der Waals surface area contributed by atoms with Crippen molar-refractivity contribution in [1.82, 2.24) is 15.1 Å². The van der Waals surface area contributed by atoms with Gasteiger partial charge in [0, 0.05) is 12.1 Å². The van der Waals surface area contributed by atoms with Gasteiger partial charge in [0.05, 0.1) is 12.2 Å². The van der Waals surface area contributed by atoms with Gasteiger partial charge in [-0.15, -0.1) is 0 Å². The topological polar surface area (TPSA) is 76.0 Å². The first kappa shape index (κ1) is 22.0. The summed E-state index contributed by atoms with van der Waals surface area (Å²) in [6, 6.07) is 14.1.